The summed E-state index contributed by atoms with van der Waals surface area (Å²) < 4.78 is 18.7. The average molecular weight is 371 g/mol. The van der Waals surface area contributed by atoms with Gasteiger partial charge in [-0.1, -0.05) is 12.1 Å². The molecule has 2 N–H and O–H groups in total. The molecule has 7 heteroatoms. The molecule has 2 aromatic carbocycles. The summed E-state index contributed by atoms with van der Waals surface area (Å²) >= 11 is 0. The monoisotopic (exact) mass is 371 g/mol. The van der Waals surface area contributed by atoms with Crippen LogP contribution in [0.4, 0.5) is 20.6 Å². The molecule has 1 aliphatic heterocycles. The van der Waals surface area contributed by atoms with Gasteiger partial charge in [-0.3, -0.25) is 4.79 Å². The van der Waals surface area contributed by atoms with Gasteiger partial charge in [0.25, 0.3) is 0 Å². The Morgan fingerprint density at radius 1 is 1.22 bits per heavy atom. The number of anilines is 2. The number of hydrogen-bond acceptors (Lipinski definition) is 3. The van der Waals surface area contributed by atoms with Crippen LogP contribution in [-0.4, -0.2) is 25.6 Å². The highest BCUT2D eigenvalue weighted by Crippen LogP contribution is 2.37. The second kappa shape index (κ2) is 7.26. The minimum atomic E-state index is -0.631. The van der Waals surface area contributed by atoms with Crippen molar-refractivity contribution in [2.24, 2.45) is 5.41 Å². The summed E-state index contributed by atoms with van der Waals surface area (Å²) in [5.74, 6) is 0.213. The Balaban J connectivity index is 1.68. The van der Waals surface area contributed by atoms with E-state index in [4.69, 9.17) is 4.74 Å². The number of hydrogen-bond donors (Lipinski definition) is 2. The average Bonchev–Trinajstić information content (AvgIpc) is 2.72. The lowest BCUT2D eigenvalue weighted by Gasteiger charge is -2.24. The first-order chi connectivity index (χ1) is 12.8. The van der Waals surface area contributed by atoms with E-state index in [-0.39, 0.29) is 24.9 Å². The summed E-state index contributed by atoms with van der Waals surface area (Å²) in [6.07, 6.45) is 0. The van der Waals surface area contributed by atoms with E-state index in [9.17, 15) is 14.0 Å². The highest BCUT2D eigenvalue weighted by atomic mass is 19.1. The molecule has 0 saturated carbocycles. The molecule has 0 radical (unpaired) electrons. The molecule has 0 fully saturated rings. The van der Waals surface area contributed by atoms with Crippen molar-refractivity contribution in [1.29, 1.82) is 0 Å². The highest BCUT2D eigenvalue weighted by Gasteiger charge is 2.36. The molecule has 0 aliphatic carbocycles. The summed E-state index contributed by atoms with van der Waals surface area (Å²) in [4.78, 5) is 26.2. The van der Waals surface area contributed by atoms with E-state index in [1.807, 2.05) is 13.8 Å². The zero-order valence-electron chi connectivity index (χ0n) is 15.5. The molecule has 1 heterocycles. The Labute approximate surface area is 157 Å². The van der Waals surface area contributed by atoms with Crippen LogP contribution in [0.2, 0.25) is 0 Å². The van der Waals surface area contributed by atoms with Gasteiger partial charge in [-0.05, 0) is 49.7 Å². The van der Waals surface area contributed by atoms with E-state index in [0.29, 0.717) is 17.1 Å². The van der Waals surface area contributed by atoms with Crippen molar-refractivity contribution in [3.8, 4) is 5.75 Å². The van der Waals surface area contributed by atoms with Crippen molar-refractivity contribution in [3.63, 3.8) is 0 Å². The third kappa shape index (κ3) is 4.19. The van der Waals surface area contributed by atoms with Crippen LogP contribution in [0.15, 0.2) is 42.5 Å². The number of amides is 3. The first-order valence-electron chi connectivity index (χ1n) is 8.60. The van der Waals surface area contributed by atoms with E-state index in [1.165, 1.54) is 12.1 Å². The number of benzene rings is 2. The topological polar surface area (TPSA) is 70.7 Å². The van der Waals surface area contributed by atoms with Gasteiger partial charge >= 0.3 is 6.03 Å². The molecule has 3 rings (SSSR count). The SMILES string of the molecule is CN1C(=O)C(C)(C)COc2ccc(NC(=O)NCc3ccc(F)cc3)cc21. The minimum Gasteiger partial charge on any atom is -0.490 e. The van der Waals surface area contributed by atoms with E-state index in [2.05, 4.69) is 10.6 Å². The minimum absolute atomic E-state index is 0.0563. The number of nitrogens with one attached hydrogen (secondary N) is 2. The Bertz CT molecular complexity index is 865. The summed E-state index contributed by atoms with van der Waals surface area (Å²) in [6.45, 7) is 4.22. The van der Waals surface area contributed by atoms with Crippen LogP contribution < -0.4 is 20.3 Å². The lowest BCUT2D eigenvalue weighted by Crippen LogP contribution is -2.39. The number of fused-ring (bicyclic) bond motifs is 1. The molecule has 142 valence electrons. The Morgan fingerprint density at radius 3 is 2.63 bits per heavy atom. The maximum atomic E-state index is 12.9. The molecule has 0 atom stereocenters. The highest BCUT2D eigenvalue weighted by molar-refractivity contribution is 6.00. The number of rotatable bonds is 3. The van der Waals surface area contributed by atoms with Gasteiger partial charge in [0.2, 0.25) is 5.91 Å². The molecule has 0 bridgehead atoms. The summed E-state index contributed by atoms with van der Waals surface area (Å²) in [5, 5.41) is 5.44. The molecule has 0 spiro atoms. The fourth-order valence-electron chi connectivity index (χ4n) is 2.82. The predicted octanol–water partition coefficient (Wildman–Crippen LogP) is 3.53. The predicted molar refractivity (Wildman–Crippen MR) is 101 cm³/mol. The first-order valence-corrected chi connectivity index (χ1v) is 8.60. The maximum absolute atomic E-state index is 12.9. The zero-order valence-corrected chi connectivity index (χ0v) is 15.5. The second-order valence-electron chi connectivity index (χ2n) is 7.15. The quantitative estimate of drug-likeness (QED) is 0.867. The van der Waals surface area contributed by atoms with Crippen LogP contribution in [0.1, 0.15) is 19.4 Å². The molecule has 2 aromatic rings. The largest absolute Gasteiger partial charge is 0.490 e. The second-order valence-corrected chi connectivity index (χ2v) is 7.15. The molecule has 27 heavy (non-hydrogen) atoms. The fourth-order valence-corrected chi connectivity index (χ4v) is 2.82. The van der Waals surface area contributed by atoms with Crippen LogP contribution in [0, 0.1) is 11.2 Å². The smallest absolute Gasteiger partial charge is 0.319 e. The zero-order chi connectivity index (χ0) is 19.6. The number of nitrogens with zero attached hydrogens (tertiary/aromatic N) is 1. The van der Waals surface area contributed by atoms with Crippen LogP contribution in [0.3, 0.4) is 0 Å². The summed E-state index contributed by atoms with van der Waals surface area (Å²) in [5.41, 5.74) is 1.29. The Morgan fingerprint density at radius 2 is 1.93 bits per heavy atom. The maximum Gasteiger partial charge on any atom is 0.319 e. The van der Waals surface area contributed by atoms with Crippen LogP contribution >= 0.6 is 0 Å². The fraction of sp³-hybridized carbons (Fsp3) is 0.300. The van der Waals surface area contributed by atoms with Crippen molar-refractivity contribution in [2.45, 2.75) is 20.4 Å². The molecule has 0 saturated heterocycles. The first kappa shape index (κ1) is 18.7. The van der Waals surface area contributed by atoms with Crippen molar-refractivity contribution in [1.82, 2.24) is 5.32 Å². The third-order valence-electron chi connectivity index (χ3n) is 4.42. The molecule has 1 aliphatic rings. The Hall–Kier alpha value is -3.09. The summed E-state index contributed by atoms with van der Waals surface area (Å²) in [6, 6.07) is 10.7. The van der Waals surface area contributed by atoms with Crippen molar-refractivity contribution in [2.75, 3.05) is 23.9 Å². The van der Waals surface area contributed by atoms with Crippen molar-refractivity contribution < 1.29 is 18.7 Å². The third-order valence-corrected chi connectivity index (χ3v) is 4.42. The van der Waals surface area contributed by atoms with Crippen LogP contribution in [-0.2, 0) is 11.3 Å². The van der Waals surface area contributed by atoms with Crippen LogP contribution in [0.5, 0.6) is 5.75 Å². The van der Waals surface area contributed by atoms with Gasteiger partial charge in [-0.25, -0.2) is 9.18 Å². The van der Waals surface area contributed by atoms with Gasteiger partial charge in [0.15, 0.2) is 0 Å². The summed E-state index contributed by atoms with van der Waals surface area (Å²) in [7, 11) is 1.69. The number of carbonyl (C=O) groups is 2. The number of carbonyl (C=O) groups excluding carboxylic acids is 2. The van der Waals surface area contributed by atoms with E-state index >= 15 is 0 Å². The molecule has 0 unspecified atom stereocenters. The molecule has 0 aromatic heterocycles. The van der Waals surface area contributed by atoms with Gasteiger partial charge < -0.3 is 20.3 Å². The Kier molecular flexibility index (Phi) is 5.03. The lowest BCUT2D eigenvalue weighted by molar-refractivity contribution is -0.127. The molecular formula is C20H22FN3O3. The van der Waals surface area contributed by atoms with Crippen molar-refractivity contribution >= 4 is 23.3 Å². The van der Waals surface area contributed by atoms with Gasteiger partial charge in [0.05, 0.1) is 11.1 Å². The van der Waals surface area contributed by atoms with E-state index in [0.717, 1.165) is 5.56 Å². The number of ether oxygens (including phenoxy) is 1. The van der Waals surface area contributed by atoms with Crippen LogP contribution in [0.25, 0.3) is 0 Å². The molecule has 3 amide bonds. The van der Waals surface area contributed by atoms with Gasteiger partial charge in [-0.2, -0.15) is 0 Å². The van der Waals surface area contributed by atoms with Gasteiger partial charge in [0.1, 0.15) is 18.2 Å². The number of halogens is 1. The molecule has 6 nitrogen and oxygen atoms in total. The van der Waals surface area contributed by atoms with Crippen molar-refractivity contribution in [3.05, 3.63) is 53.8 Å². The lowest BCUT2D eigenvalue weighted by atomic mass is 9.93. The van der Waals surface area contributed by atoms with E-state index in [1.54, 1.807) is 42.3 Å². The normalized spacial score (nSPS) is 15.4. The van der Waals surface area contributed by atoms with Gasteiger partial charge in [0, 0.05) is 19.3 Å². The van der Waals surface area contributed by atoms with Gasteiger partial charge in [-0.15, -0.1) is 0 Å². The van der Waals surface area contributed by atoms with E-state index < -0.39 is 11.4 Å². The molecular weight excluding hydrogens is 349 g/mol. The standard InChI is InChI=1S/C20H22FN3O3/c1-20(2)12-27-17-9-8-15(10-16(17)24(3)18(20)25)23-19(26)22-11-13-4-6-14(21)7-5-13/h4-10H,11-12H2,1-3H3,(H2,22,23,26). The number of urea groups is 1.